The van der Waals surface area contributed by atoms with Crippen molar-refractivity contribution in [1.82, 2.24) is 5.43 Å². The third-order valence-corrected chi connectivity index (χ3v) is 6.02. The van der Waals surface area contributed by atoms with Crippen molar-refractivity contribution in [2.75, 3.05) is 5.43 Å². The zero-order valence-corrected chi connectivity index (χ0v) is 21.3. The van der Waals surface area contributed by atoms with Gasteiger partial charge in [0.1, 0.15) is 5.82 Å². The lowest BCUT2D eigenvalue weighted by Gasteiger charge is -2.19. The Morgan fingerprint density at radius 1 is 0.946 bits per heavy atom. The Kier molecular flexibility index (Phi) is 9.50. The molecule has 0 saturated heterocycles. The lowest BCUT2D eigenvalue weighted by atomic mass is 9.91. The van der Waals surface area contributed by atoms with Gasteiger partial charge >= 0.3 is 6.18 Å². The van der Waals surface area contributed by atoms with E-state index >= 15 is 0 Å². The van der Waals surface area contributed by atoms with Gasteiger partial charge in [0.25, 0.3) is 5.91 Å². The van der Waals surface area contributed by atoms with Gasteiger partial charge in [-0.3, -0.25) is 15.6 Å². The summed E-state index contributed by atoms with van der Waals surface area (Å²) < 4.78 is 56.1. The zero-order chi connectivity index (χ0) is 27.0. The highest BCUT2D eigenvalue weighted by molar-refractivity contribution is 5.96. The molecule has 7 heteroatoms. The van der Waals surface area contributed by atoms with Gasteiger partial charge in [0.15, 0.2) is 0 Å². The predicted octanol–water partition coefficient (Wildman–Crippen LogP) is 8.16. The first kappa shape index (κ1) is 28.0. The first-order valence-electron chi connectivity index (χ1n) is 12.4. The molecule has 3 nitrogen and oxygen atoms in total. The van der Waals surface area contributed by atoms with Crippen LogP contribution in [0.5, 0.6) is 0 Å². The Bertz CT molecular complexity index is 1230. The van der Waals surface area contributed by atoms with E-state index in [1.165, 1.54) is 36.4 Å². The molecular formula is C30H32F4N2O. The number of hydrogen-bond acceptors (Lipinski definition) is 2. The second-order valence-corrected chi connectivity index (χ2v) is 9.09. The molecule has 0 aromatic heterocycles. The van der Waals surface area contributed by atoms with Crippen LogP contribution in [0, 0.1) is 12.7 Å². The van der Waals surface area contributed by atoms with Gasteiger partial charge in [-0.05, 0) is 65.8 Å². The molecule has 1 amide bonds. The summed E-state index contributed by atoms with van der Waals surface area (Å²) in [5.41, 5.74) is 8.63. The van der Waals surface area contributed by atoms with E-state index in [1.807, 2.05) is 19.9 Å². The fourth-order valence-corrected chi connectivity index (χ4v) is 4.25. The number of rotatable bonds is 10. The van der Waals surface area contributed by atoms with Crippen LogP contribution in [0.3, 0.4) is 0 Å². The fraction of sp³-hybridized carbons (Fsp3) is 0.300. The molecule has 1 atom stereocenters. The van der Waals surface area contributed by atoms with Crippen LogP contribution in [0.25, 0.3) is 6.08 Å². The van der Waals surface area contributed by atoms with Gasteiger partial charge in [0.2, 0.25) is 0 Å². The van der Waals surface area contributed by atoms with Gasteiger partial charge in [-0.1, -0.05) is 81.3 Å². The summed E-state index contributed by atoms with van der Waals surface area (Å²) in [5, 5.41) is 0. The third-order valence-electron chi connectivity index (χ3n) is 6.02. The van der Waals surface area contributed by atoms with E-state index in [0.717, 1.165) is 36.8 Å². The molecule has 37 heavy (non-hydrogen) atoms. The second kappa shape index (κ2) is 12.6. The number of anilines is 1. The molecule has 1 unspecified atom stereocenters. The third kappa shape index (κ3) is 7.68. The SMILES string of the molecule is CCCc1cc(CCC)cc(C(/C=C/c2ccc(C(=O)NNc3ccccc3F)c(C)c2)C(F)(F)F)c1. The number of amides is 1. The zero-order valence-electron chi connectivity index (χ0n) is 21.3. The monoisotopic (exact) mass is 512 g/mol. The first-order chi connectivity index (χ1) is 17.6. The average Bonchev–Trinajstić information content (AvgIpc) is 2.83. The summed E-state index contributed by atoms with van der Waals surface area (Å²) in [6, 6.07) is 16.0. The molecular weight excluding hydrogens is 480 g/mol. The molecule has 2 N–H and O–H groups in total. The number of benzene rings is 3. The van der Waals surface area contributed by atoms with E-state index < -0.39 is 23.8 Å². The summed E-state index contributed by atoms with van der Waals surface area (Å²) in [6.45, 7) is 5.72. The van der Waals surface area contributed by atoms with Crippen LogP contribution >= 0.6 is 0 Å². The molecule has 0 aliphatic heterocycles. The summed E-state index contributed by atoms with van der Waals surface area (Å²) in [4.78, 5) is 12.6. The molecule has 0 saturated carbocycles. The second-order valence-electron chi connectivity index (χ2n) is 9.09. The molecule has 0 fully saturated rings. The number of hydrazine groups is 1. The van der Waals surface area contributed by atoms with Gasteiger partial charge in [-0.2, -0.15) is 13.2 Å². The molecule has 3 rings (SSSR count). The number of alkyl halides is 3. The van der Waals surface area contributed by atoms with Crippen LogP contribution in [0.15, 0.2) is 66.7 Å². The highest BCUT2D eigenvalue weighted by Gasteiger charge is 2.39. The van der Waals surface area contributed by atoms with Crippen molar-refractivity contribution in [3.05, 3.63) is 106 Å². The normalized spacial score (nSPS) is 12.5. The molecule has 0 radical (unpaired) electrons. The molecule has 3 aromatic rings. The van der Waals surface area contributed by atoms with Gasteiger partial charge < -0.3 is 0 Å². The van der Waals surface area contributed by atoms with Gasteiger partial charge in [0, 0.05) is 5.56 Å². The van der Waals surface area contributed by atoms with Crippen LogP contribution in [0.4, 0.5) is 23.2 Å². The van der Waals surface area contributed by atoms with E-state index in [9.17, 15) is 22.4 Å². The Morgan fingerprint density at radius 2 is 1.59 bits per heavy atom. The van der Waals surface area contributed by atoms with Crippen molar-refractivity contribution in [3.63, 3.8) is 0 Å². The lowest BCUT2D eigenvalue weighted by Crippen LogP contribution is -2.30. The van der Waals surface area contributed by atoms with Gasteiger partial charge in [0.05, 0.1) is 11.6 Å². The molecule has 3 aromatic carbocycles. The summed E-state index contributed by atoms with van der Waals surface area (Å²) >= 11 is 0. The van der Waals surface area contributed by atoms with E-state index in [-0.39, 0.29) is 11.3 Å². The van der Waals surface area contributed by atoms with Crippen molar-refractivity contribution in [2.24, 2.45) is 0 Å². The molecule has 0 aliphatic rings. The Morgan fingerprint density at radius 3 is 2.16 bits per heavy atom. The predicted molar refractivity (Wildman–Crippen MR) is 141 cm³/mol. The van der Waals surface area contributed by atoms with Crippen LogP contribution in [0.1, 0.15) is 70.8 Å². The maximum absolute atomic E-state index is 14.1. The number of para-hydroxylation sites is 1. The summed E-state index contributed by atoms with van der Waals surface area (Å²) in [7, 11) is 0. The maximum atomic E-state index is 14.1. The molecule has 196 valence electrons. The number of allylic oxidation sites excluding steroid dienone is 1. The minimum absolute atomic E-state index is 0.122. The highest BCUT2D eigenvalue weighted by atomic mass is 19.4. The number of halogens is 4. The van der Waals surface area contributed by atoms with Crippen molar-refractivity contribution in [2.45, 2.75) is 58.5 Å². The van der Waals surface area contributed by atoms with Crippen LogP contribution in [-0.4, -0.2) is 12.1 Å². The summed E-state index contributed by atoms with van der Waals surface area (Å²) in [6.07, 6.45) is 1.34. The standard InChI is InChI=1S/C30H32F4N2O/c1-4-8-22-17-23(9-5-2)19-24(18-22)26(30(32,33)34)15-13-21-12-14-25(20(3)16-21)29(37)36-35-28-11-7-6-10-27(28)31/h6-7,10-19,26,35H,4-5,8-9H2,1-3H3,(H,36,37)/b15-13+. The van der Waals surface area contributed by atoms with Crippen molar-refractivity contribution >= 4 is 17.7 Å². The number of carbonyl (C=O) groups excluding carboxylic acids is 1. The van der Waals surface area contributed by atoms with E-state index in [2.05, 4.69) is 10.9 Å². The molecule has 0 heterocycles. The van der Waals surface area contributed by atoms with Gasteiger partial charge in [-0.15, -0.1) is 0 Å². The Labute approximate surface area is 215 Å². The van der Waals surface area contributed by atoms with Crippen LogP contribution < -0.4 is 10.9 Å². The van der Waals surface area contributed by atoms with Crippen molar-refractivity contribution in [1.29, 1.82) is 0 Å². The highest BCUT2D eigenvalue weighted by Crippen LogP contribution is 2.37. The van der Waals surface area contributed by atoms with Crippen LogP contribution in [-0.2, 0) is 12.8 Å². The van der Waals surface area contributed by atoms with Crippen molar-refractivity contribution < 1.29 is 22.4 Å². The van der Waals surface area contributed by atoms with Crippen LogP contribution in [0.2, 0.25) is 0 Å². The van der Waals surface area contributed by atoms with Gasteiger partial charge in [-0.25, -0.2) is 4.39 Å². The molecule has 0 bridgehead atoms. The number of hydrogen-bond donors (Lipinski definition) is 2. The average molecular weight is 513 g/mol. The number of carbonyl (C=O) groups is 1. The minimum atomic E-state index is -4.45. The molecule has 0 aliphatic carbocycles. The number of nitrogens with one attached hydrogen (secondary N) is 2. The van der Waals surface area contributed by atoms with Crippen molar-refractivity contribution in [3.8, 4) is 0 Å². The van der Waals surface area contributed by atoms with E-state index in [4.69, 9.17) is 0 Å². The Balaban J connectivity index is 1.81. The smallest absolute Gasteiger partial charge is 0.295 e. The topological polar surface area (TPSA) is 41.1 Å². The fourth-order valence-electron chi connectivity index (χ4n) is 4.25. The maximum Gasteiger partial charge on any atom is 0.399 e. The first-order valence-corrected chi connectivity index (χ1v) is 12.4. The quantitative estimate of drug-likeness (QED) is 0.213. The number of aryl methyl sites for hydroxylation is 3. The van der Waals surface area contributed by atoms with E-state index in [0.29, 0.717) is 16.7 Å². The Hall–Kier alpha value is -3.61. The van der Waals surface area contributed by atoms with E-state index in [1.54, 1.807) is 37.3 Å². The lowest BCUT2D eigenvalue weighted by molar-refractivity contribution is -0.139. The summed E-state index contributed by atoms with van der Waals surface area (Å²) in [5.74, 6) is -2.74. The molecule has 0 spiro atoms. The largest absolute Gasteiger partial charge is 0.399 e. The minimum Gasteiger partial charge on any atom is -0.295 e.